The fourth-order valence-corrected chi connectivity index (χ4v) is 25.7. The summed E-state index contributed by atoms with van der Waals surface area (Å²) in [5.74, 6) is 18.0. The molecule has 0 spiro atoms. The van der Waals surface area contributed by atoms with Gasteiger partial charge < -0.3 is 0 Å². The summed E-state index contributed by atoms with van der Waals surface area (Å²) in [5, 5.41) is 22.3. The molecule has 6 fully saturated rings. The van der Waals surface area contributed by atoms with Crippen molar-refractivity contribution in [3.63, 3.8) is 0 Å². The van der Waals surface area contributed by atoms with E-state index in [4.69, 9.17) is 84.9 Å². The standard InChI is InChI=1S/2C34H36Cl2N6O3S2.C33H33Cl2FN6O3S2/c2*1-23-8-10-25(11-9-23)12-14-27-15-17-31(46-27)33-28(22-37-47(44,45)41-20-6-7-24(41)2)32(34(43)39-40-18-4-3-5-19-40)38-42(33)30-16-13-26(35)21-29(30)36;1-22-5-7-23(8-6-22)9-11-26-12-14-30(46-26)32-27(20-37-47(44,45)41-18-15-25(36)21-41)31(33(43)39-40-16-3-2-4-17-40)38-42(32)29-13-10-24(34)19-28(29)35/h2*8-11,13,15-17,21,24,37H,3-7,18-20,22H2,1-2H3,(H,39,43);5-8,10,12-14,19,25,37H,2-4,15-18,20-21H2,1H3,(H,39,43)/t2*24-;25-/m101/s1. The first-order valence-electron chi connectivity index (χ1n) is 46.6. The summed E-state index contributed by atoms with van der Waals surface area (Å²) in [6.07, 6.45) is 11.2. The molecule has 40 heteroatoms. The lowest BCUT2D eigenvalue weighted by molar-refractivity contribution is 0.0736. The number of carbonyl (C=O) groups excluding carboxylic acids is 3. The molecule has 6 aromatic heterocycles. The summed E-state index contributed by atoms with van der Waals surface area (Å²) >= 11 is 43.1. The number of hydrogen-bond donors (Lipinski definition) is 6. The number of nitrogens with zero attached hydrogens (tertiary/aromatic N) is 12. The molecule has 0 radical (unpaired) electrons. The second-order valence-corrected chi connectivity index (χ2v) is 46.2. The molecule has 6 aliphatic heterocycles. The number of hydrogen-bond acceptors (Lipinski definition) is 18. The number of halogens is 7. The fourth-order valence-electron chi connectivity index (χ4n) is 17.3. The number of thiophene rings is 3. The Hall–Kier alpha value is -9.70. The fraction of sp³-hybridized carbons (Fsp3) is 0.347. The van der Waals surface area contributed by atoms with Gasteiger partial charge in [0.05, 0.1) is 78.5 Å². The Kier molecular flexibility index (Phi) is 34.7. The summed E-state index contributed by atoms with van der Waals surface area (Å²) in [5.41, 5.74) is 19.5. The Morgan fingerprint density at radius 1 is 0.369 bits per heavy atom. The van der Waals surface area contributed by atoms with Gasteiger partial charge in [-0.25, -0.2) is 33.5 Å². The van der Waals surface area contributed by atoms with Crippen molar-refractivity contribution in [3.8, 4) is 84.3 Å². The van der Waals surface area contributed by atoms with Crippen LogP contribution in [0.4, 0.5) is 4.39 Å². The second-order valence-electron chi connectivity index (χ2n) is 35.3. The average molecular weight is 2140 g/mol. The summed E-state index contributed by atoms with van der Waals surface area (Å²) in [6, 6.07) is 50.1. The zero-order valence-corrected chi connectivity index (χ0v) is 87.5. The first-order valence-corrected chi connectivity index (χ1v) is 55.7. The molecule has 12 heterocycles. The van der Waals surface area contributed by atoms with Crippen LogP contribution in [-0.4, -0.2) is 184 Å². The van der Waals surface area contributed by atoms with Gasteiger partial charge >= 0.3 is 0 Å². The van der Waals surface area contributed by atoms with Gasteiger partial charge in [-0.3, -0.25) is 30.7 Å². The number of rotatable bonds is 24. The summed E-state index contributed by atoms with van der Waals surface area (Å²) in [4.78, 5) is 46.3. The van der Waals surface area contributed by atoms with E-state index in [1.807, 2.05) is 159 Å². The molecule has 0 aliphatic carbocycles. The third-order valence-electron chi connectivity index (χ3n) is 24.8. The quantitative estimate of drug-likeness (QED) is 0.0307. The minimum Gasteiger partial charge on any atom is -0.283 e. The summed E-state index contributed by atoms with van der Waals surface area (Å²) in [6.45, 7) is 14.3. The third kappa shape index (κ3) is 26.2. The van der Waals surface area contributed by atoms with E-state index in [0.29, 0.717) is 112 Å². The molecule has 6 N–H and O–H groups in total. The second kappa shape index (κ2) is 47.0. The van der Waals surface area contributed by atoms with E-state index in [0.717, 1.165) is 172 Å². The smallest absolute Gasteiger partial charge is 0.283 e. The van der Waals surface area contributed by atoms with Crippen LogP contribution in [0.25, 0.3) is 48.8 Å². The molecule has 141 heavy (non-hydrogen) atoms. The highest BCUT2D eigenvalue weighted by Gasteiger charge is 2.39. The lowest BCUT2D eigenvalue weighted by atomic mass is 10.1. The SMILES string of the molecule is Cc1ccc(C#Cc2ccc(-c3c(CNS(=O)(=O)N4CCC[C@@H]4C)c(C(=O)NN4CCCCC4)nn3-c3ccc(Cl)cc3Cl)s2)cc1.Cc1ccc(C#Cc2ccc(-c3c(CNS(=O)(=O)N4CCC[C@H]4C)c(C(=O)NN4CCCCC4)nn3-c3ccc(Cl)cc3Cl)s2)cc1.Cc1ccc(C#Cc2ccc(-c3c(CNS(=O)(=O)N4CC[C@@H](F)C4)c(C(=O)NN4CCCCC4)nn3-c3ccc(Cl)cc3Cl)s2)cc1. The van der Waals surface area contributed by atoms with Gasteiger partial charge in [0.2, 0.25) is 0 Å². The highest BCUT2D eigenvalue weighted by atomic mass is 35.5. The van der Waals surface area contributed by atoms with Gasteiger partial charge in [-0.15, -0.1) is 34.0 Å². The lowest BCUT2D eigenvalue weighted by Gasteiger charge is -2.26. The average Bonchev–Trinajstić information content (AvgIpc) is 1.61. The van der Waals surface area contributed by atoms with Crippen molar-refractivity contribution in [1.29, 1.82) is 0 Å². The Morgan fingerprint density at radius 2 is 0.667 bits per heavy atom. The third-order valence-corrected chi connectivity index (χ3v) is 34.3. The van der Waals surface area contributed by atoms with Gasteiger partial charge in [-0.2, -0.15) is 67.6 Å². The van der Waals surface area contributed by atoms with Crippen LogP contribution in [0.1, 0.15) is 200 Å². The van der Waals surface area contributed by atoms with Crippen LogP contribution in [0.15, 0.2) is 164 Å². The maximum Gasteiger partial charge on any atom is 0.286 e. The molecule has 3 atom stereocenters. The summed E-state index contributed by atoms with van der Waals surface area (Å²) < 4.78 is 111. The van der Waals surface area contributed by atoms with Gasteiger partial charge in [-0.05, 0) is 233 Å². The van der Waals surface area contributed by atoms with Crippen LogP contribution >= 0.6 is 104 Å². The van der Waals surface area contributed by atoms with Crippen molar-refractivity contribution in [2.75, 3.05) is 65.4 Å². The van der Waals surface area contributed by atoms with Crippen LogP contribution in [0.5, 0.6) is 0 Å². The van der Waals surface area contributed by atoms with Gasteiger partial charge in [0.15, 0.2) is 17.1 Å². The topological polar surface area (TPSA) is 299 Å². The van der Waals surface area contributed by atoms with Gasteiger partial charge in [-0.1, -0.05) is 177 Å². The van der Waals surface area contributed by atoms with E-state index >= 15 is 0 Å². The molecule has 18 rings (SSSR count). The van der Waals surface area contributed by atoms with E-state index in [9.17, 15) is 44.0 Å². The molecule has 0 saturated carbocycles. The molecule has 0 bridgehead atoms. The molecule has 0 unspecified atom stereocenters. The van der Waals surface area contributed by atoms with Gasteiger partial charge in [0, 0.05) is 146 Å². The highest BCUT2D eigenvalue weighted by Crippen LogP contribution is 2.42. The van der Waals surface area contributed by atoms with Crippen molar-refractivity contribution in [1.82, 2.24) is 87.7 Å². The van der Waals surface area contributed by atoms with E-state index in [2.05, 4.69) is 66.0 Å². The largest absolute Gasteiger partial charge is 0.286 e. The normalized spacial score (nSPS) is 17.4. The Bertz CT molecular complexity index is 6880. The minimum absolute atomic E-state index is 0.0322. The first-order chi connectivity index (χ1) is 67.7. The molecule has 3 amide bonds. The predicted molar refractivity (Wildman–Crippen MR) is 560 cm³/mol. The zero-order chi connectivity index (χ0) is 99.4. The number of carbonyl (C=O) groups is 3. The zero-order valence-electron chi connectivity index (χ0n) is 78.0. The van der Waals surface area contributed by atoms with Crippen LogP contribution in [0.2, 0.25) is 30.1 Å². The molecule has 738 valence electrons. The number of alkyl halides is 1. The maximum absolute atomic E-state index is 14.0. The van der Waals surface area contributed by atoms with E-state index < -0.39 is 54.5 Å². The van der Waals surface area contributed by atoms with Crippen LogP contribution in [0, 0.1) is 56.3 Å². The maximum atomic E-state index is 14.0. The molecular weight excluding hydrogens is 2030 g/mol. The van der Waals surface area contributed by atoms with Crippen LogP contribution in [-0.2, 0) is 50.3 Å². The first kappa shape index (κ1) is 104. The van der Waals surface area contributed by atoms with E-state index in [1.54, 1.807) is 68.6 Å². The number of benzene rings is 6. The monoisotopic (exact) mass is 2130 g/mol. The van der Waals surface area contributed by atoms with Crippen molar-refractivity contribution in [3.05, 3.63) is 276 Å². The van der Waals surface area contributed by atoms with Crippen LogP contribution < -0.4 is 30.4 Å². The van der Waals surface area contributed by atoms with Gasteiger partial charge in [0.25, 0.3) is 48.3 Å². The number of piperidine rings is 3. The highest BCUT2D eigenvalue weighted by molar-refractivity contribution is 7.87. The van der Waals surface area contributed by atoms with Crippen molar-refractivity contribution in [2.45, 2.75) is 162 Å². The molecule has 6 aromatic carbocycles. The molecule has 6 aliphatic rings. The molecular formula is C101H105Cl6FN18O9S6. The van der Waals surface area contributed by atoms with Crippen LogP contribution in [0.3, 0.4) is 0 Å². The number of amides is 3. The number of aryl methyl sites for hydroxylation is 3. The number of hydrazine groups is 3. The van der Waals surface area contributed by atoms with E-state index in [1.165, 1.54) is 42.6 Å². The minimum atomic E-state index is -4.06. The van der Waals surface area contributed by atoms with Crippen molar-refractivity contribution in [2.24, 2.45) is 0 Å². The molecule has 27 nitrogen and oxygen atoms in total. The Labute approximate surface area is 864 Å². The number of nitrogens with one attached hydrogen (secondary N) is 6. The van der Waals surface area contributed by atoms with Crippen molar-refractivity contribution < 1.29 is 44.0 Å². The molecule has 12 aromatic rings. The Morgan fingerprint density at radius 3 is 0.936 bits per heavy atom. The van der Waals surface area contributed by atoms with Crippen molar-refractivity contribution >= 4 is 152 Å². The predicted octanol–water partition coefficient (Wildman–Crippen LogP) is 19.3. The van der Waals surface area contributed by atoms with E-state index in [-0.39, 0.29) is 68.3 Å². The van der Waals surface area contributed by atoms with Gasteiger partial charge in [0.1, 0.15) is 6.17 Å². The summed E-state index contributed by atoms with van der Waals surface area (Å²) in [7, 11) is -11.7. The lowest BCUT2D eigenvalue weighted by Crippen LogP contribution is -2.45. The molecule has 6 saturated heterocycles. The Balaban J connectivity index is 0.000000152. The number of aromatic nitrogens is 6.